The monoisotopic (exact) mass is 371 g/mol. The number of hydrogen-bond acceptors (Lipinski definition) is 3. The highest BCUT2D eigenvalue weighted by atomic mass is 19.1. The van der Waals surface area contributed by atoms with E-state index in [9.17, 15) is 4.39 Å². The molecule has 2 N–H and O–H groups in total. The van der Waals surface area contributed by atoms with Crippen LogP contribution in [0.15, 0.2) is 94.3 Å². The number of fused-ring (bicyclic) bond motifs is 1. The Balaban J connectivity index is 1.74. The van der Waals surface area contributed by atoms with Gasteiger partial charge >= 0.3 is 0 Å². The predicted molar refractivity (Wildman–Crippen MR) is 111 cm³/mol. The Morgan fingerprint density at radius 2 is 1.79 bits per heavy atom. The first-order valence-corrected chi connectivity index (χ1v) is 8.84. The van der Waals surface area contributed by atoms with Gasteiger partial charge in [-0.25, -0.2) is 4.39 Å². The minimum atomic E-state index is -0.338. The molecule has 0 aliphatic rings. The van der Waals surface area contributed by atoms with Gasteiger partial charge in [-0.2, -0.15) is 5.10 Å². The van der Waals surface area contributed by atoms with E-state index in [2.05, 4.69) is 25.7 Å². The van der Waals surface area contributed by atoms with Gasteiger partial charge in [0.1, 0.15) is 5.82 Å². The number of hydrogen-bond donors (Lipinski definition) is 2. The molecule has 138 valence electrons. The van der Waals surface area contributed by atoms with E-state index >= 15 is 0 Å². The molecule has 1 heterocycles. The average Bonchev–Trinajstić information content (AvgIpc) is 3.13. The molecule has 3 aromatic carbocycles. The topological polar surface area (TPSA) is 64.9 Å². The molecule has 4 rings (SSSR count). The molecule has 0 unspecified atom stereocenters. The molecule has 6 heteroatoms. The maximum Gasteiger partial charge on any atom is 0.203 e. The number of aromatic nitrogens is 1. The van der Waals surface area contributed by atoms with Crippen LogP contribution < -0.4 is 5.43 Å². The van der Waals surface area contributed by atoms with Crippen LogP contribution in [-0.2, 0) is 0 Å². The zero-order valence-electron chi connectivity index (χ0n) is 15.2. The fourth-order valence-electron chi connectivity index (χ4n) is 2.85. The molecule has 0 saturated carbocycles. The fraction of sp³-hybridized carbons (Fsp3) is 0.0455. The molecule has 0 bridgehead atoms. The summed E-state index contributed by atoms with van der Waals surface area (Å²) in [5.74, 6) is 0.0559. The summed E-state index contributed by atoms with van der Waals surface area (Å²) in [5, 5.41) is 14.1. The van der Waals surface area contributed by atoms with Crippen LogP contribution in [0.5, 0.6) is 0 Å². The van der Waals surface area contributed by atoms with Gasteiger partial charge in [0.25, 0.3) is 0 Å². The Kier molecular flexibility index (Phi) is 4.93. The second-order valence-corrected chi connectivity index (χ2v) is 6.29. The average molecular weight is 371 g/mol. The largest absolute Gasteiger partial charge is 0.360 e. The fourth-order valence-corrected chi connectivity index (χ4v) is 2.85. The molecular weight excluding hydrogens is 353 g/mol. The van der Waals surface area contributed by atoms with Crippen molar-refractivity contribution in [3.05, 3.63) is 95.9 Å². The van der Waals surface area contributed by atoms with Crippen LogP contribution in [0, 0.1) is 12.7 Å². The van der Waals surface area contributed by atoms with Gasteiger partial charge in [0, 0.05) is 22.7 Å². The maximum atomic E-state index is 13.5. The van der Waals surface area contributed by atoms with Gasteiger partial charge in [0.15, 0.2) is 0 Å². The predicted octanol–water partition coefficient (Wildman–Crippen LogP) is 6.17. The normalized spacial score (nSPS) is 12.0. The van der Waals surface area contributed by atoms with E-state index in [0.29, 0.717) is 11.5 Å². The molecule has 0 aliphatic heterocycles. The van der Waals surface area contributed by atoms with E-state index < -0.39 is 0 Å². The van der Waals surface area contributed by atoms with E-state index in [1.165, 1.54) is 12.1 Å². The van der Waals surface area contributed by atoms with Crippen molar-refractivity contribution in [3.8, 4) is 0 Å². The number of anilines is 1. The van der Waals surface area contributed by atoms with Crippen molar-refractivity contribution in [1.82, 2.24) is 4.98 Å². The summed E-state index contributed by atoms with van der Waals surface area (Å²) in [7, 11) is 0. The molecule has 5 nitrogen and oxygen atoms in total. The van der Waals surface area contributed by atoms with Gasteiger partial charge in [-0.05, 0) is 42.8 Å². The van der Waals surface area contributed by atoms with Gasteiger partial charge in [0.05, 0.1) is 11.4 Å². The Labute approximate surface area is 161 Å². The lowest BCUT2D eigenvalue weighted by atomic mass is 10.1. The highest BCUT2D eigenvalue weighted by molar-refractivity contribution is 6.10. The van der Waals surface area contributed by atoms with E-state index in [0.717, 1.165) is 27.7 Å². The van der Waals surface area contributed by atoms with E-state index in [-0.39, 0.29) is 5.82 Å². The van der Waals surface area contributed by atoms with Gasteiger partial charge in [-0.3, -0.25) is 5.43 Å². The van der Waals surface area contributed by atoms with E-state index in [4.69, 9.17) is 0 Å². The summed E-state index contributed by atoms with van der Waals surface area (Å²) in [6, 6.07) is 21.7. The minimum Gasteiger partial charge on any atom is -0.360 e. The second-order valence-electron chi connectivity index (χ2n) is 6.29. The number of azo groups is 1. The number of aromatic amines is 1. The number of hydrazone groups is 1. The molecular formula is C22H18FN5. The zero-order valence-corrected chi connectivity index (χ0v) is 15.2. The van der Waals surface area contributed by atoms with Crippen LogP contribution >= 0.6 is 0 Å². The SMILES string of the molecule is Cc1ccccc1N=N/C(=N\Nc1cccc(F)c1)c1c[nH]c2ccccc12. The Hall–Kier alpha value is -3.80. The molecule has 0 radical (unpaired) electrons. The molecule has 0 aliphatic carbocycles. The van der Waals surface area contributed by atoms with Crippen LogP contribution in [0.25, 0.3) is 10.9 Å². The summed E-state index contributed by atoms with van der Waals surface area (Å²) in [5.41, 5.74) is 6.96. The van der Waals surface area contributed by atoms with Crippen LogP contribution in [0.1, 0.15) is 11.1 Å². The highest BCUT2D eigenvalue weighted by Gasteiger charge is 2.10. The molecule has 0 saturated heterocycles. The number of benzene rings is 3. The molecule has 0 amide bonds. The summed E-state index contributed by atoms with van der Waals surface area (Å²) < 4.78 is 13.5. The molecule has 1 aromatic heterocycles. The van der Waals surface area contributed by atoms with Crippen molar-refractivity contribution in [3.63, 3.8) is 0 Å². The third-order valence-corrected chi connectivity index (χ3v) is 4.31. The maximum absolute atomic E-state index is 13.5. The van der Waals surface area contributed by atoms with Crippen LogP contribution in [-0.4, -0.2) is 10.8 Å². The molecule has 0 spiro atoms. The third kappa shape index (κ3) is 3.81. The third-order valence-electron chi connectivity index (χ3n) is 4.31. The number of nitrogens with one attached hydrogen (secondary N) is 2. The number of aryl methyl sites for hydroxylation is 1. The molecule has 28 heavy (non-hydrogen) atoms. The molecule has 0 fully saturated rings. The van der Waals surface area contributed by atoms with Crippen LogP contribution in [0.4, 0.5) is 15.8 Å². The Morgan fingerprint density at radius 3 is 2.64 bits per heavy atom. The standard InChI is InChI=1S/C22H18FN5/c1-15-7-2-4-11-20(15)26-28-22(27-25-17-9-6-8-16(23)13-17)19-14-24-21-12-5-3-10-18(19)21/h2-14,24-25H,1H3/b27-22-,28-26?. The van der Waals surface area contributed by atoms with Crippen molar-refractivity contribution in [1.29, 1.82) is 0 Å². The van der Waals surface area contributed by atoms with E-state index in [1.54, 1.807) is 12.1 Å². The number of H-pyrrole nitrogens is 1. The van der Waals surface area contributed by atoms with Crippen molar-refractivity contribution < 1.29 is 4.39 Å². The lowest BCUT2D eigenvalue weighted by Gasteiger charge is -2.03. The lowest BCUT2D eigenvalue weighted by molar-refractivity contribution is 0.628. The summed E-state index contributed by atoms with van der Waals surface area (Å²) >= 11 is 0. The Morgan fingerprint density at radius 1 is 0.964 bits per heavy atom. The Bertz CT molecular complexity index is 1180. The first-order chi connectivity index (χ1) is 13.7. The van der Waals surface area contributed by atoms with Gasteiger partial charge in [-0.1, -0.05) is 42.5 Å². The number of nitrogens with zero attached hydrogens (tertiary/aromatic N) is 3. The van der Waals surface area contributed by atoms with Crippen molar-refractivity contribution in [2.24, 2.45) is 15.3 Å². The number of amidine groups is 1. The van der Waals surface area contributed by atoms with Crippen molar-refractivity contribution in [2.45, 2.75) is 6.92 Å². The van der Waals surface area contributed by atoms with Crippen molar-refractivity contribution >= 4 is 28.1 Å². The lowest BCUT2D eigenvalue weighted by Crippen LogP contribution is -2.01. The number of halogens is 1. The quantitative estimate of drug-likeness (QED) is 0.191. The summed E-state index contributed by atoms with van der Waals surface area (Å²) in [6.07, 6.45) is 1.84. The van der Waals surface area contributed by atoms with Gasteiger partial charge in [-0.15, -0.1) is 10.2 Å². The van der Waals surface area contributed by atoms with Crippen LogP contribution in [0.2, 0.25) is 0 Å². The highest BCUT2D eigenvalue weighted by Crippen LogP contribution is 2.22. The summed E-state index contributed by atoms with van der Waals surface area (Å²) in [6.45, 7) is 1.97. The number of rotatable bonds is 4. The molecule has 0 atom stereocenters. The molecule has 4 aromatic rings. The number of para-hydroxylation sites is 1. The second kappa shape index (κ2) is 7.84. The summed E-state index contributed by atoms with van der Waals surface area (Å²) in [4.78, 5) is 3.22. The first kappa shape index (κ1) is 17.6. The first-order valence-electron chi connectivity index (χ1n) is 8.84. The zero-order chi connectivity index (χ0) is 19.3. The van der Waals surface area contributed by atoms with Crippen LogP contribution in [0.3, 0.4) is 0 Å². The minimum absolute atomic E-state index is 0.338. The van der Waals surface area contributed by atoms with Crippen molar-refractivity contribution in [2.75, 3.05) is 5.43 Å². The van der Waals surface area contributed by atoms with Gasteiger partial charge in [0.2, 0.25) is 5.84 Å². The van der Waals surface area contributed by atoms with Gasteiger partial charge < -0.3 is 4.98 Å². The smallest absolute Gasteiger partial charge is 0.203 e. The van der Waals surface area contributed by atoms with E-state index in [1.807, 2.05) is 61.7 Å².